The quantitative estimate of drug-likeness (QED) is 0.681. The van der Waals surface area contributed by atoms with Crippen LogP contribution in [0.25, 0.3) is 0 Å². The Morgan fingerprint density at radius 3 is 2.38 bits per heavy atom. The second-order valence-electron chi connectivity index (χ2n) is 5.16. The molecule has 0 bridgehead atoms. The monoisotopic (exact) mass is 292 g/mol. The fraction of sp³-hybridized carbons (Fsp3) is 0.500. The van der Waals surface area contributed by atoms with Crippen molar-refractivity contribution in [2.45, 2.75) is 33.1 Å². The molecule has 0 spiro atoms. The Labute approximate surface area is 125 Å². The summed E-state index contributed by atoms with van der Waals surface area (Å²) in [5.74, 6) is -1.00. The standard InChI is InChI=1S/C16H24N2O3/c1-3-16(4-2,11-17)15(21)18-10-9-12-7-5-6-8-13(12)14(19)20/h5-8H,3-4,9-11,17H2,1-2H3,(H,18,21)(H,19,20). The first-order chi connectivity index (χ1) is 10.0. The van der Waals surface area contributed by atoms with E-state index in [1.165, 1.54) is 0 Å². The van der Waals surface area contributed by atoms with Crippen molar-refractivity contribution < 1.29 is 14.7 Å². The van der Waals surface area contributed by atoms with Gasteiger partial charge in [-0.3, -0.25) is 4.79 Å². The average molecular weight is 292 g/mol. The van der Waals surface area contributed by atoms with Gasteiger partial charge in [-0.05, 0) is 30.9 Å². The number of carboxylic acid groups (broad SMARTS) is 1. The van der Waals surface area contributed by atoms with Crippen molar-refractivity contribution in [2.24, 2.45) is 11.1 Å². The van der Waals surface area contributed by atoms with Gasteiger partial charge in [-0.15, -0.1) is 0 Å². The van der Waals surface area contributed by atoms with Gasteiger partial charge in [-0.25, -0.2) is 4.79 Å². The molecule has 0 unspecified atom stereocenters. The van der Waals surface area contributed by atoms with Crippen LogP contribution in [0.5, 0.6) is 0 Å². The molecule has 1 aromatic carbocycles. The largest absolute Gasteiger partial charge is 0.478 e. The third-order valence-electron chi connectivity index (χ3n) is 4.15. The van der Waals surface area contributed by atoms with Crippen LogP contribution >= 0.6 is 0 Å². The van der Waals surface area contributed by atoms with Crippen molar-refractivity contribution in [2.75, 3.05) is 13.1 Å². The van der Waals surface area contributed by atoms with Gasteiger partial charge in [-0.2, -0.15) is 0 Å². The van der Waals surface area contributed by atoms with E-state index in [1.54, 1.807) is 24.3 Å². The van der Waals surface area contributed by atoms with Crippen LogP contribution in [0.1, 0.15) is 42.6 Å². The number of hydrogen-bond acceptors (Lipinski definition) is 3. The third kappa shape index (κ3) is 4.04. The van der Waals surface area contributed by atoms with E-state index in [1.807, 2.05) is 13.8 Å². The van der Waals surface area contributed by atoms with Gasteiger partial charge in [0, 0.05) is 13.1 Å². The molecule has 4 N–H and O–H groups in total. The molecular formula is C16H24N2O3. The molecule has 0 aromatic heterocycles. The number of carboxylic acids is 1. The minimum atomic E-state index is -0.949. The highest BCUT2D eigenvalue weighted by molar-refractivity contribution is 5.89. The third-order valence-corrected chi connectivity index (χ3v) is 4.15. The Kier molecular flexibility index (Phi) is 6.37. The first kappa shape index (κ1) is 17.2. The van der Waals surface area contributed by atoms with E-state index in [2.05, 4.69) is 5.32 Å². The predicted molar refractivity (Wildman–Crippen MR) is 82.2 cm³/mol. The molecule has 5 nitrogen and oxygen atoms in total. The molecular weight excluding hydrogens is 268 g/mol. The van der Waals surface area contributed by atoms with Gasteiger partial charge in [-0.1, -0.05) is 32.0 Å². The van der Waals surface area contributed by atoms with E-state index >= 15 is 0 Å². The fourth-order valence-corrected chi connectivity index (χ4v) is 2.40. The van der Waals surface area contributed by atoms with Crippen LogP contribution in [-0.4, -0.2) is 30.1 Å². The molecule has 0 aliphatic rings. The number of carbonyl (C=O) groups is 2. The number of amides is 1. The van der Waals surface area contributed by atoms with Gasteiger partial charge in [0.05, 0.1) is 11.0 Å². The maximum atomic E-state index is 12.3. The van der Waals surface area contributed by atoms with E-state index in [0.29, 0.717) is 32.4 Å². The lowest BCUT2D eigenvalue weighted by Crippen LogP contribution is -2.45. The molecule has 0 fully saturated rings. The molecule has 1 rings (SSSR count). The zero-order valence-corrected chi connectivity index (χ0v) is 12.7. The summed E-state index contributed by atoms with van der Waals surface area (Å²) < 4.78 is 0. The second kappa shape index (κ2) is 7.78. The summed E-state index contributed by atoms with van der Waals surface area (Å²) in [7, 11) is 0. The van der Waals surface area contributed by atoms with Crippen LogP contribution in [-0.2, 0) is 11.2 Å². The zero-order valence-electron chi connectivity index (χ0n) is 12.7. The van der Waals surface area contributed by atoms with Crippen LogP contribution in [0, 0.1) is 5.41 Å². The Bertz CT molecular complexity index is 488. The van der Waals surface area contributed by atoms with E-state index in [0.717, 1.165) is 5.56 Å². The highest BCUT2D eigenvalue weighted by atomic mass is 16.4. The number of nitrogens with two attached hydrogens (primary N) is 1. The van der Waals surface area contributed by atoms with Crippen LogP contribution in [0.4, 0.5) is 0 Å². The van der Waals surface area contributed by atoms with E-state index in [9.17, 15) is 9.59 Å². The lowest BCUT2D eigenvalue weighted by atomic mass is 9.81. The normalized spacial score (nSPS) is 11.2. The molecule has 0 saturated heterocycles. The average Bonchev–Trinajstić information content (AvgIpc) is 2.50. The summed E-state index contributed by atoms with van der Waals surface area (Å²) >= 11 is 0. The smallest absolute Gasteiger partial charge is 0.335 e. The summed E-state index contributed by atoms with van der Waals surface area (Å²) in [4.78, 5) is 23.4. The lowest BCUT2D eigenvalue weighted by molar-refractivity contribution is -0.131. The fourth-order valence-electron chi connectivity index (χ4n) is 2.40. The molecule has 5 heteroatoms. The highest BCUT2D eigenvalue weighted by Gasteiger charge is 2.32. The van der Waals surface area contributed by atoms with Gasteiger partial charge in [0.25, 0.3) is 0 Å². The highest BCUT2D eigenvalue weighted by Crippen LogP contribution is 2.24. The number of rotatable bonds is 8. The zero-order chi connectivity index (χ0) is 15.9. The van der Waals surface area contributed by atoms with Gasteiger partial charge in [0.2, 0.25) is 5.91 Å². The number of hydrogen-bond donors (Lipinski definition) is 3. The SMILES string of the molecule is CCC(CC)(CN)C(=O)NCCc1ccccc1C(=O)O. The van der Waals surface area contributed by atoms with Gasteiger partial charge >= 0.3 is 5.97 Å². The van der Waals surface area contributed by atoms with Crippen molar-refractivity contribution >= 4 is 11.9 Å². The number of benzene rings is 1. The summed E-state index contributed by atoms with van der Waals surface area (Å²) in [6.45, 7) is 4.63. The van der Waals surface area contributed by atoms with Crippen LogP contribution < -0.4 is 11.1 Å². The number of nitrogens with one attached hydrogen (secondary N) is 1. The van der Waals surface area contributed by atoms with Crippen LogP contribution in [0.15, 0.2) is 24.3 Å². The minimum absolute atomic E-state index is 0.0530. The van der Waals surface area contributed by atoms with Crippen molar-refractivity contribution in [3.05, 3.63) is 35.4 Å². The Balaban J connectivity index is 2.66. The Morgan fingerprint density at radius 2 is 1.86 bits per heavy atom. The maximum Gasteiger partial charge on any atom is 0.335 e. The van der Waals surface area contributed by atoms with E-state index in [4.69, 9.17) is 10.8 Å². The molecule has 0 aliphatic heterocycles. The molecule has 0 radical (unpaired) electrons. The molecule has 21 heavy (non-hydrogen) atoms. The second-order valence-corrected chi connectivity index (χ2v) is 5.16. The van der Waals surface area contributed by atoms with Crippen molar-refractivity contribution in [1.29, 1.82) is 0 Å². The summed E-state index contributed by atoms with van der Waals surface area (Å²) in [6, 6.07) is 6.83. The van der Waals surface area contributed by atoms with Crippen LogP contribution in [0.2, 0.25) is 0 Å². The topological polar surface area (TPSA) is 92.4 Å². The molecule has 0 atom stereocenters. The minimum Gasteiger partial charge on any atom is -0.478 e. The maximum absolute atomic E-state index is 12.3. The molecule has 116 valence electrons. The molecule has 0 saturated carbocycles. The first-order valence-corrected chi connectivity index (χ1v) is 7.30. The Hall–Kier alpha value is -1.88. The molecule has 1 amide bonds. The summed E-state index contributed by atoms with van der Waals surface area (Å²) in [5.41, 5.74) is 6.22. The van der Waals surface area contributed by atoms with Crippen LogP contribution in [0.3, 0.4) is 0 Å². The van der Waals surface area contributed by atoms with Gasteiger partial charge < -0.3 is 16.2 Å². The Morgan fingerprint density at radius 1 is 1.24 bits per heavy atom. The molecule has 0 aliphatic carbocycles. The summed E-state index contributed by atoms with van der Waals surface area (Å²) in [5, 5.41) is 12.0. The van der Waals surface area contributed by atoms with E-state index in [-0.39, 0.29) is 11.5 Å². The van der Waals surface area contributed by atoms with Gasteiger partial charge in [0.1, 0.15) is 0 Å². The lowest BCUT2D eigenvalue weighted by Gasteiger charge is -2.28. The van der Waals surface area contributed by atoms with Crippen molar-refractivity contribution in [3.8, 4) is 0 Å². The first-order valence-electron chi connectivity index (χ1n) is 7.30. The number of carbonyl (C=O) groups excluding carboxylic acids is 1. The van der Waals surface area contributed by atoms with Crippen molar-refractivity contribution in [3.63, 3.8) is 0 Å². The number of aromatic carboxylic acids is 1. The predicted octanol–water partition coefficient (Wildman–Crippen LogP) is 1.81. The van der Waals surface area contributed by atoms with Crippen molar-refractivity contribution in [1.82, 2.24) is 5.32 Å². The molecule has 1 aromatic rings. The van der Waals surface area contributed by atoms with E-state index < -0.39 is 11.4 Å². The molecule has 0 heterocycles. The summed E-state index contributed by atoms with van der Waals surface area (Å²) in [6.07, 6.45) is 1.87. The van der Waals surface area contributed by atoms with Gasteiger partial charge in [0.15, 0.2) is 0 Å².